The van der Waals surface area contributed by atoms with Gasteiger partial charge in [-0.25, -0.2) is 0 Å². The smallest absolute Gasteiger partial charge is 0.122 e. The molecule has 3 rings (SSSR count). The molecular weight excluding hydrogens is 248 g/mol. The van der Waals surface area contributed by atoms with Crippen molar-refractivity contribution in [3.63, 3.8) is 0 Å². The Kier molecular flexibility index (Phi) is 4.18. The molecule has 1 aliphatic carbocycles. The van der Waals surface area contributed by atoms with E-state index in [0.29, 0.717) is 12.5 Å². The minimum atomic E-state index is 0.267. The third-order valence-corrected chi connectivity index (χ3v) is 5.17. The fourth-order valence-corrected chi connectivity index (χ4v) is 3.51. The predicted octanol–water partition coefficient (Wildman–Crippen LogP) is 3.52. The fourth-order valence-electron chi connectivity index (χ4n) is 3.51. The van der Waals surface area contributed by atoms with Crippen molar-refractivity contribution in [2.24, 2.45) is 17.6 Å². The Hall–Kier alpha value is -0.800. The maximum absolute atomic E-state index is 6.13. The van der Waals surface area contributed by atoms with Crippen LogP contribution >= 0.6 is 0 Å². The quantitative estimate of drug-likeness (QED) is 0.915. The standard InChI is InChI=1S/C17H28N2O/c1-12-4-3-8-19(9-7-12)15(11-18)17-6-5-16(20-17)14-10-13(14)2/h5-6,12-15H,3-4,7-11,18H2,1-2H3. The van der Waals surface area contributed by atoms with Crippen molar-refractivity contribution in [3.8, 4) is 0 Å². The molecule has 2 heterocycles. The highest BCUT2D eigenvalue weighted by atomic mass is 16.3. The van der Waals surface area contributed by atoms with Crippen LogP contribution in [0.15, 0.2) is 16.5 Å². The normalized spacial score (nSPS) is 32.9. The third-order valence-electron chi connectivity index (χ3n) is 5.17. The van der Waals surface area contributed by atoms with Gasteiger partial charge in [-0.1, -0.05) is 13.8 Å². The van der Waals surface area contributed by atoms with Gasteiger partial charge < -0.3 is 10.2 Å². The lowest BCUT2D eigenvalue weighted by Crippen LogP contribution is -2.34. The number of likely N-dealkylation sites (tertiary alicyclic amines) is 1. The van der Waals surface area contributed by atoms with E-state index < -0.39 is 0 Å². The second-order valence-electron chi connectivity index (χ2n) is 6.88. The summed E-state index contributed by atoms with van der Waals surface area (Å²) in [5.41, 5.74) is 6.05. The van der Waals surface area contributed by atoms with Crippen molar-refractivity contribution < 1.29 is 4.42 Å². The Labute approximate surface area is 122 Å². The Morgan fingerprint density at radius 1 is 1.30 bits per heavy atom. The number of furan rings is 1. The zero-order chi connectivity index (χ0) is 14.1. The Morgan fingerprint density at radius 2 is 2.10 bits per heavy atom. The van der Waals surface area contributed by atoms with Crippen LogP contribution in [0, 0.1) is 11.8 Å². The predicted molar refractivity (Wildman–Crippen MR) is 81.6 cm³/mol. The van der Waals surface area contributed by atoms with E-state index in [1.54, 1.807) is 0 Å². The van der Waals surface area contributed by atoms with Crippen molar-refractivity contribution in [2.45, 2.75) is 51.5 Å². The molecule has 0 spiro atoms. The van der Waals surface area contributed by atoms with Gasteiger partial charge in [-0.2, -0.15) is 0 Å². The molecule has 0 amide bonds. The SMILES string of the molecule is CC1CCCN(C(CN)c2ccc(C3CC3C)o2)CC1. The Morgan fingerprint density at radius 3 is 2.80 bits per heavy atom. The lowest BCUT2D eigenvalue weighted by atomic mass is 10.0. The topological polar surface area (TPSA) is 42.4 Å². The van der Waals surface area contributed by atoms with Gasteiger partial charge in [0.05, 0.1) is 6.04 Å². The van der Waals surface area contributed by atoms with E-state index in [2.05, 4.69) is 30.9 Å². The molecule has 3 nitrogen and oxygen atoms in total. The van der Waals surface area contributed by atoms with E-state index in [1.807, 2.05) is 0 Å². The van der Waals surface area contributed by atoms with Crippen LogP contribution in [0.1, 0.15) is 63.0 Å². The minimum absolute atomic E-state index is 0.267. The molecule has 20 heavy (non-hydrogen) atoms. The van der Waals surface area contributed by atoms with Crippen molar-refractivity contribution in [1.29, 1.82) is 0 Å². The minimum Gasteiger partial charge on any atom is -0.464 e. The molecule has 1 aromatic rings. The van der Waals surface area contributed by atoms with E-state index in [1.165, 1.54) is 31.4 Å². The molecule has 4 atom stereocenters. The van der Waals surface area contributed by atoms with Gasteiger partial charge in [-0.05, 0) is 62.7 Å². The molecule has 1 saturated heterocycles. The van der Waals surface area contributed by atoms with Crippen LogP contribution in [-0.2, 0) is 0 Å². The lowest BCUT2D eigenvalue weighted by Gasteiger charge is -2.28. The van der Waals surface area contributed by atoms with E-state index in [-0.39, 0.29) is 6.04 Å². The van der Waals surface area contributed by atoms with E-state index in [0.717, 1.165) is 30.7 Å². The molecule has 1 saturated carbocycles. The van der Waals surface area contributed by atoms with Gasteiger partial charge in [0, 0.05) is 12.5 Å². The molecule has 0 aromatic carbocycles. The van der Waals surface area contributed by atoms with Crippen molar-refractivity contribution in [2.75, 3.05) is 19.6 Å². The Balaban J connectivity index is 1.70. The second kappa shape index (κ2) is 5.90. The molecule has 0 bridgehead atoms. The molecule has 1 aromatic heterocycles. The summed E-state index contributed by atoms with van der Waals surface area (Å²) in [6, 6.07) is 4.60. The van der Waals surface area contributed by atoms with Gasteiger partial charge in [-0.3, -0.25) is 4.90 Å². The fraction of sp³-hybridized carbons (Fsp3) is 0.765. The van der Waals surface area contributed by atoms with E-state index in [4.69, 9.17) is 10.2 Å². The summed E-state index contributed by atoms with van der Waals surface area (Å²) in [5.74, 6) is 4.55. The van der Waals surface area contributed by atoms with Gasteiger partial charge in [0.25, 0.3) is 0 Å². The molecule has 2 fully saturated rings. The highest BCUT2D eigenvalue weighted by molar-refractivity contribution is 5.19. The second-order valence-corrected chi connectivity index (χ2v) is 6.88. The van der Waals surface area contributed by atoms with Gasteiger partial charge in [0.1, 0.15) is 11.5 Å². The molecule has 2 aliphatic rings. The highest BCUT2D eigenvalue weighted by Gasteiger charge is 2.37. The number of rotatable bonds is 4. The Bertz CT molecular complexity index is 442. The number of hydrogen-bond acceptors (Lipinski definition) is 3. The summed E-state index contributed by atoms with van der Waals surface area (Å²) >= 11 is 0. The first kappa shape index (κ1) is 14.2. The number of nitrogens with two attached hydrogens (primary N) is 1. The molecule has 4 unspecified atom stereocenters. The molecule has 2 N–H and O–H groups in total. The van der Waals surface area contributed by atoms with Gasteiger partial charge >= 0.3 is 0 Å². The first-order valence-electron chi connectivity index (χ1n) is 8.22. The summed E-state index contributed by atoms with van der Waals surface area (Å²) in [6.07, 6.45) is 5.19. The average molecular weight is 276 g/mol. The maximum atomic E-state index is 6.13. The first-order valence-corrected chi connectivity index (χ1v) is 8.22. The number of nitrogens with zero attached hydrogens (tertiary/aromatic N) is 1. The summed E-state index contributed by atoms with van der Waals surface area (Å²) in [4.78, 5) is 2.53. The van der Waals surface area contributed by atoms with E-state index >= 15 is 0 Å². The van der Waals surface area contributed by atoms with Crippen LogP contribution in [-0.4, -0.2) is 24.5 Å². The number of hydrogen-bond donors (Lipinski definition) is 1. The average Bonchev–Trinajstić information content (AvgIpc) is 3.04. The molecular formula is C17H28N2O. The molecule has 0 radical (unpaired) electrons. The molecule has 1 aliphatic heterocycles. The van der Waals surface area contributed by atoms with Crippen LogP contribution in [0.3, 0.4) is 0 Å². The van der Waals surface area contributed by atoms with Gasteiger partial charge in [-0.15, -0.1) is 0 Å². The van der Waals surface area contributed by atoms with E-state index in [9.17, 15) is 0 Å². The van der Waals surface area contributed by atoms with Crippen LogP contribution in [0.2, 0.25) is 0 Å². The highest BCUT2D eigenvalue weighted by Crippen LogP contribution is 2.47. The molecule has 3 heteroatoms. The van der Waals surface area contributed by atoms with Crippen LogP contribution in [0.4, 0.5) is 0 Å². The largest absolute Gasteiger partial charge is 0.464 e. The van der Waals surface area contributed by atoms with Crippen LogP contribution in [0.25, 0.3) is 0 Å². The summed E-state index contributed by atoms with van der Waals surface area (Å²) in [6.45, 7) is 7.62. The van der Waals surface area contributed by atoms with Crippen molar-refractivity contribution >= 4 is 0 Å². The maximum Gasteiger partial charge on any atom is 0.122 e. The summed E-state index contributed by atoms with van der Waals surface area (Å²) in [7, 11) is 0. The third kappa shape index (κ3) is 2.94. The zero-order valence-electron chi connectivity index (χ0n) is 12.8. The monoisotopic (exact) mass is 276 g/mol. The lowest BCUT2D eigenvalue weighted by molar-refractivity contribution is 0.182. The summed E-state index contributed by atoms with van der Waals surface area (Å²) in [5, 5.41) is 0. The van der Waals surface area contributed by atoms with Crippen molar-refractivity contribution in [3.05, 3.63) is 23.7 Å². The van der Waals surface area contributed by atoms with Crippen LogP contribution in [0.5, 0.6) is 0 Å². The first-order chi connectivity index (χ1) is 9.69. The van der Waals surface area contributed by atoms with Gasteiger partial charge in [0.2, 0.25) is 0 Å². The van der Waals surface area contributed by atoms with Crippen molar-refractivity contribution in [1.82, 2.24) is 4.90 Å². The zero-order valence-corrected chi connectivity index (χ0v) is 12.8. The van der Waals surface area contributed by atoms with Crippen LogP contribution < -0.4 is 5.73 Å². The van der Waals surface area contributed by atoms with Gasteiger partial charge in [0.15, 0.2) is 0 Å². The summed E-state index contributed by atoms with van der Waals surface area (Å²) < 4.78 is 6.13. The molecule has 112 valence electrons.